The molecule has 0 N–H and O–H groups in total. The summed E-state index contributed by atoms with van der Waals surface area (Å²) >= 11 is 0. The van der Waals surface area contributed by atoms with E-state index in [9.17, 15) is 0 Å². The molecule has 0 fully saturated rings. The lowest BCUT2D eigenvalue weighted by Gasteiger charge is -1.99. The molecule has 2 aliphatic carbocycles. The van der Waals surface area contributed by atoms with E-state index in [2.05, 4.69) is 36.5 Å². The molecule has 0 spiro atoms. The van der Waals surface area contributed by atoms with Gasteiger partial charge in [-0.25, -0.2) is 0 Å². The lowest BCUT2D eigenvalue weighted by molar-refractivity contribution is 0.686. The van der Waals surface area contributed by atoms with Crippen LogP contribution in [0.2, 0.25) is 0 Å². The average molecular weight is 172 g/mol. The molecule has 0 amide bonds. The third-order valence-electron chi connectivity index (χ3n) is 2.67. The van der Waals surface area contributed by atoms with Crippen molar-refractivity contribution in [2.75, 3.05) is 0 Å². The van der Waals surface area contributed by atoms with Gasteiger partial charge in [0.25, 0.3) is 0 Å². The highest BCUT2D eigenvalue weighted by molar-refractivity contribution is 5.36. The second kappa shape index (κ2) is 4.27. The van der Waals surface area contributed by atoms with Gasteiger partial charge in [-0.3, -0.25) is 0 Å². The zero-order chi connectivity index (χ0) is 8.93. The molecule has 0 heterocycles. The predicted octanol–water partition coefficient (Wildman–Crippen LogP) is 3.93. The summed E-state index contributed by atoms with van der Waals surface area (Å²) in [6.45, 7) is 0. The van der Waals surface area contributed by atoms with Gasteiger partial charge in [0, 0.05) is 0 Å². The molecular formula is C13H16. The minimum absolute atomic E-state index is 1.24. The van der Waals surface area contributed by atoms with Crippen molar-refractivity contribution in [3.8, 4) is 0 Å². The zero-order valence-corrected chi connectivity index (χ0v) is 8.00. The molecule has 2 aliphatic rings. The summed E-state index contributed by atoms with van der Waals surface area (Å²) in [4.78, 5) is 0. The lowest BCUT2D eigenvalue weighted by atomic mass is 10.1. The molecule has 0 aromatic rings. The van der Waals surface area contributed by atoms with Crippen LogP contribution in [0.1, 0.15) is 32.1 Å². The first-order chi connectivity index (χ1) is 6.45. The molecule has 0 saturated carbocycles. The Labute approximate surface area is 80.3 Å². The quantitative estimate of drug-likeness (QED) is 0.519. The minimum atomic E-state index is 1.24. The van der Waals surface area contributed by atoms with E-state index in [1.165, 1.54) is 43.3 Å². The van der Waals surface area contributed by atoms with E-state index in [-0.39, 0.29) is 0 Å². The predicted molar refractivity (Wildman–Crippen MR) is 57.5 cm³/mol. The van der Waals surface area contributed by atoms with Crippen molar-refractivity contribution >= 4 is 0 Å². The van der Waals surface area contributed by atoms with Gasteiger partial charge in [0.05, 0.1) is 0 Å². The molecule has 2 bridgehead atoms. The fraction of sp³-hybridized carbons (Fsp3) is 0.385. The largest absolute Gasteiger partial charge is 0.0620 e. The van der Waals surface area contributed by atoms with E-state index in [1.54, 1.807) is 0 Å². The highest BCUT2D eigenvalue weighted by atomic mass is 14.1. The van der Waals surface area contributed by atoms with Gasteiger partial charge in [-0.2, -0.15) is 0 Å². The second-order valence-corrected chi connectivity index (χ2v) is 3.76. The highest BCUT2D eigenvalue weighted by Crippen LogP contribution is 2.20. The Bertz CT molecular complexity index is 259. The zero-order valence-electron chi connectivity index (χ0n) is 8.00. The van der Waals surface area contributed by atoms with Crippen molar-refractivity contribution in [2.24, 2.45) is 0 Å². The van der Waals surface area contributed by atoms with Crippen LogP contribution in [0.4, 0.5) is 0 Å². The second-order valence-electron chi connectivity index (χ2n) is 3.76. The highest BCUT2D eigenvalue weighted by Gasteiger charge is 2.00. The maximum Gasteiger partial charge on any atom is -0.0279 e. The Morgan fingerprint density at radius 3 is 1.77 bits per heavy atom. The summed E-state index contributed by atoms with van der Waals surface area (Å²) in [6.07, 6.45) is 19.9. The van der Waals surface area contributed by atoms with Crippen LogP contribution in [0.3, 0.4) is 0 Å². The van der Waals surface area contributed by atoms with Crippen molar-refractivity contribution in [2.45, 2.75) is 32.1 Å². The SMILES string of the molecule is C1=C\C=C2/C=C\C(=C/1)CCCCC2. The van der Waals surface area contributed by atoms with Crippen LogP contribution >= 0.6 is 0 Å². The van der Waals surface area contributed by atoms with E-state index < -0.39 is 0 Å². The van der Waals surface area contributed by atoms with Crippen molar-refractivity contribution in [3.63, 3.8) is 0 Å². The summed E-state index contributed by atoms with van der Waals surface area (Å²) in [6, 6.07) is 0. The van der Waals surface area contributed by atoms with Crippen molar-refractivity contribution in [3.05, 3.63) is 47.6 Å². The number of hydrogen-bond donors (Lipinski definition) is 0. The minimum Gasteiger partial charge on any atom is -0.0620 e. The van der Waals surface area contributed by atoms with Crippen LogP contribution in [0.5, 0.6) is 0 Å². The Morgan fingerprint density at radius 1 is 0.692 bits per heavy atom. The number of allylic oxidation sites excluding steroid dienone is 8. The average Bonchev–Trinajstić information content (AvgIpc) is 2.17. The Balaban J connectivity index is 2.26. The fourth-order valence-corrected chi connectivity index (χ4v) is 1.85. The molecule has 0 aromatic carbocycles. The Hall–Kier alpha value is -1.04. The molecule has 13 heavy (non-hydrogen) atoms. The topological polar surface area (TPSA) is 0 Å². The standard InChI is InChI=1S/C13H16/c1-2-6-12-8-4-5-9-13(7-3-1)11-10-12/h4-5,8-11H,1-3,6-7H2/b5-4-,8-4?,9-5?,11-10-,12-8-,12-10?,13-9-,13-11?. The van der Waals surface area contributed by atoms with E-state index in [4.69, 9.17) is 0 Å². The van der Waals surface area contributed by atoms with Crippen LogP contribution in [-0.4, -0.2) is 0 Å². The molecule has 0 unspecified atom stereocenters. The summed E-state index contributed by atoms with van der Waals surface area (Å²) in [5.41, 5.74) is 2.95. The smallest absolute Gasteiger partial charge is 0.0279 e. The summed E-state index contributed by atoms with van der Waals surface area (Å²) < 4.78 is 0. The van der Waals surface area contributed by atoms with Crippen LogP contribution < -0.4 is 0 Å². The lowest BCUT2D eigenvalue weighted by Crippen LogP contribution is -1.79. The normalized spacial score (nSPS) is 35.1. The van der Waals surface area contributed by atoms with Gasteiger partial charge >= 0.3 is 0 Å². The van der Waals surface area contributed by atoms with Crippen LogP contribution in [0, 0.1) is 0 Å². The molecule has 0 heteroatoms. The van der Waals surface area contributed by atoms with E-state index in [0.717, 1.165) is 0 Å². The third kappa shape index (κ3) is 2.45. The van der Waals surface area contributed by atoms with E-state index in [1.807, 2.05) is 0 Å². The van der Waals surface area contributed by atoms with Crippen LogP contribution in [-0.2, 0) is 0 Å². The molecular weight excluding hydrogens is 156 g/mol. The summed E-state index contributed by atoms with van der Waals surface area (Å²) in [5, 5.41) is 0. The number of fused-ring (bicyclic) bond motifs is 2. The van der Waals surface area contributed by atoms with Gasteiger partial charge in [-0.15, -0.1) is 0 Å². The van der Waals surface area contributed by atoms with Crippen LogP contribution in [0.25, 0.3) is 0 Å². The summed E-state index contributed by atoms with van der Waals surface area (Å²) in [7, 11) is 0. The molecule has 2 rings (SSSR count). The van der Waals surface area contributed by atoms with Gasteiger partial charge in [0.1, 0.15) is 0 Å². The number of rotatable bonds is 0. The molecule has 68 valence electrons. The molecule has 0 aromatic heterocycles. The van der Waals surface area contributed by atoms with Gasteiger partial charge in [0.2, 0.25) is 0 Å². The van der Waals surface area contributed by atoms with Crippen LogP contribution in [0.15, 0.2) is 47.6 Å². The van der Waals surface area contributed by atoms with Crippen molar-refractivity contribution in [1.29, 1.82) is 0 Å². The van der Waals surface area contributed by atoms with Crippen molar-refractivity contribution < 1.29 is 0 Å². The fourth-order valence-electron chi connectivity index (χ4n) is 1.85. The summed E-state index contributed by atoms with van der Waals surface area (Å²) in [5.74, 6) is 0. The number of hydrogen-bond acceptors (Lipinski definition) is 0. The van der Waals surface area contributed by atoms with Crippen molar-refractivity contribution in [1.82, 2.24) is 0 Å². The van der Waals surface area contributed by atoms with Gasteiger partial charge in [0.15, 0.2) is 0 Å². The van der Waals surface area contributed by atoms with Gasteiger partial charge in [-0.1, -0.05) is 42.9 Å². The molecule has 0 radical (unpaired) electrons. The maximum atomic E-state index is 2.28. The molecule has 0 atom stereocenters. The molecule has 0 saturated heterocycles. The third-order valence-corrected chi connectivity index (χ3v) is 2.67. The van der Waals surface area contributed by atoms with E-state index in [0.29, 0.717) is 0 Å². The molecule has 0 nitrogen and oxygen atoms in total. The molecule has 0 aliphatic heterocycles. The first-order valence-electron chi connectivity index (χ1n) is 5.20. The van der Waals surface area contributed by atoms with Gasteiger partial charge < -0.3 is 0 Å². The Morgan fingerprint density at radius 2 is 1.23 bits per heavy atom. The Kier molecular flexibility index (Phi) is 2.81. The van der Waals surface area contributed by atoms with Gasteiger partial charge in [-0.05, 0) is 36.8 Å². The maximum absolute atomic E-state index is 2.28. The first kappa shape index (κ1) is 8.55. The monoisotopic (exact) mass is 172 g/mol. The first-order valence-corrected chi connectivity index (χ1v) is 5.20. The van der Waals surface area contributed by atoms with E-state index >= 15 is 0 Å².